The van der Waals surface area contributed by atoms with Crippen LogP contribution in [0.2, 0.25) is 0 Å². The highest BCUT2D eigenvalue weighted by molar-refractivity contribution is 6.41. The van der Waals surface area contributed by atoms with Crippen LogP contribution in [0.5, 0.6) is 0 Å². The quantitative estimate of drug-likeness (QED) is 0.0171. The van der Waals surface area contributed by atoms with Crippen LogP contribution in [0.3, 0.4) is 0 Å². The summed E-state index contributed by atoms with van der Waals surface area (Å²) in [4.78, 5) is 59.3. The Kier molecular flexibility index (Phi) is 21.9. The van der Waals surface area contributed by atoms with E-state index >= 15 is 0 Å². The van der Waals surface area contributed by atoms with Crippen LogP contribution in [0.25, 0.3) is 43.1 Å². The molecule has 7 rings (SSSR count). The standard InChI is InChI=1S/C64H90N2O4/c1-3-5-7-9-11-13-15-17-19-21-23-25-27-29-31-33-35-37-47-65-61(67)53-43-39-49-51-41-45-55-60-56(46-42-52(58(51)60)50-40-44-54(62(65)68)59(53)57(49)50)64(70)66(63(55)69)48-38-36-34-32-30-28-26-24-22-20-18-16-14-12-10-8-6-4-2/h39-46H,3-38,47-48H2,1-2H3. The second-order valence-corrected chi connectivity index (χ2v) is 21.7. The van der Waals surface area contributed by atoms with Gasteiger partial charge in [-0.2, -0.15) is 0 Å². The van der Waals surface area contributed by atoms with Crippen molar-refractivity contribution in [2.75, 3.05) is 13.1 Å². The van der Waals surface area contributed by atoms with Crippen molar-refractivity contribution in [2.24, 2.45) is 0 Å². The Morgan fingerprint density at radius 3 is 0.629 bits per heavy atom. The minimum atomic E-state index is -0.213. The van der Waals surface area contributed by atoms with Gasteiger partial charge in [0.05, 0.1) is 0 Å². The summed E-state index contributed by atoms with van der Waals surface area (Å²) in [6.07, 6.45) is 46.8. The van der Waals surface area contributed by atoms with Crippen molar-refractivity contribution in [1.29, 1.82) is 0 Å². The molecule has 2 aliphatic rings. The van der Waals surface area contributed by atoms with E-state index in [4.69, 9.17) is 0 Å². The molecule has 0 saturated carbocycles. The predicted molar refractivity (Wildman–Crippen MR) is 296 cm³/mol. The predicted octanol–water partition coefficient (Wildman–Crippen LogP) is 19.0. The molecule has 6 nitrogen and oxygen atoms in total. The molecule has 0 N–H and O–H groups in total. The number of rotatable bonds is 38. The number of hydrogen-bond acceptors (Lipinski definition) is 4. The number of fused-ring (bicyclic) bond motifs is 2. The van der Waals surface area contributed by atoms with Crippen LogP contribution in [0.15, 0.2) is 48.5 Å². The molecule has 0 atom stereocenters. The molecule has 0 saturated heterocycles. The van der Waals surface area contributed by atoms with Crippen LogP contribution < -0.4 is 0 Å². The molecule has 5 aromatic rings. The van der Waals surface area contributed by atoms with Crippen LogP contribution in [0.4, 0.5) is 0 Å². The first kappa shape index (κ1) is 53.5. The van der Waals surface area contributed by atoms with Crippen LogP contribution >= 0.6 is 0 Å². The Bertz CT molecular complexity index is 2160. The molecule has 5 aromatic carbocycles. The van der Waals surface area contributed by atoms with Crippen LogP contribution in [-0.2, 0) is 0 Å². The number of carbonyl (C=O) groups excluding carboxylic acids is 4. The minimum Gasteiger partial charge on any atom is -0.274 e. The zero-order valence-corrected chi connectivity index (χ0v) is 44.0. The van der Waals surface area contributed by atoms with Gasteiger partial charge in [0, 0.05) is 46.1 Å². The van der Waals surface area contributed by atoms with E-state index in [9.17, 15) is 19.2 Å². The molecule has 0 unspecified atom stereocenters. The summed E-state index contributed by atoms with van der Waals surface area (Å²) >= 11 is 0. The fourth-order valence-corrected chi connectivity index (χ4v) is 12.1. The third-order valence-corrected chi connectivity index (χ3v) is 16.3. The lowest BCUT2D eigenvalue weighted by molar-refractivity contribution is 0.0592. The van der Waals surface area contributed by atoms with Gasteiger partial charge in [0.25, 0.3) is 23.6 Å². The minimum absolute atomic E-state index is 0.213. The number of imide groups is 2. The van der Waals surface area contributed by atoms with E-state index in [0.29, 0.717) is 35.3 Å². The number of amides is 4. The molecule has 380 valence electrons. The van der Waals surface area contributed by atoms with Gasteiger partial charge in [0.2, 0.25) is 0 Å². The zero-order valence-electron chi connectivity index (χ0n) is 44.0. The highest BCUT2D eigenvalue weighted by Gasteiger charge is 2.36. The highest BCUT2D eigenvalue weighted by Crippen LogP contribution is 2.46. The fraction of sp³-hybridized carbons (Fsp3) is 0.625. The Hall–Kier alpha value is -4.32. The van der Waals surface area contributed by atoms with E-state index in [2.05, 4.69) is 13.8 Å². The maximum absolute atomic E-state index is 14.1. The van der Waals surface area contributed by atoms with Gasteiger partial charge in [-0.25, -0.2) is 0 Å². The monoisotopic (exact) mass is 951 g/mol. The molecular weight excluding hydrogens is 861 g/mol. The lowest BCUT2D eigenvalue weighted by atomic mass is 9.82. The lowest BCUT2D eigenvalue weighted by Crippen LogP contribution is -2.41. The number of nitrogens with zero attached hydrogens (tertiary/aromatic N) is 2. The third-order valence-electron chi connectivity index (χ3n) is 16.3. The van der Waals surface area contributed by atoms with Crippen molar-refractivity contribution in [1.82, 2.24) is 9.80 Å². The largest absolute Gasteiger partial charge is 0.274 e. The summed E-state index contributed by atoms with van der Waals surface area (Å²) in [6.45, 7) is 5.44. The SMILES string of the molecule is CCCCCCCCCCCCCCCCCCCCN1C(=O)c2ccc3c4ccc5c6c(ccc(c7ccc(c2c37)C1=O)c64)C(=O)N(CCCCCCCCCCCCCCCCCCCC)C5=O. The van der Waals surface area contributed by atoms with E-state index in [1.807, 2.05) is 48.5 Å². The van der Waals surface area contributed by atoms with Crippen molar-refractivity contribution >= 4 is 66.7 Å². The Morgan fingerprint density at radius 1 is 0.243 bits per heavy atom. The normalized spacial score (nSPS) is 13.8. The molecule has 70 heavy (non-hydrogen) atoms. The second-order valence-electron chi connectivity index (χ2n) is 21.7. The van der Waals surface area contributed by atoms with E-state index in [0.717, 1.165) is 81.6 Å². The summed E-state index contributed by atoms with van der Waals surface area (Å²) in [5.41, 5.74) is 2.30. The maximum Gasteiger partial charge on any atom is 0.261 e. The van der Waals surface area contributed by atoms with E-state index in [-0.39, 0.29) is 23.6 Å². The van der Waals surface area contributed by atoms with Crippen molar-refractivity contribution in [3.8, 4) is 0 Å². The summed E-state index contributed by atoms with van der Waals surface area (Å²) in [5.74, 6) is -0.851. The summed E-state index contributed by atoms with van der Waals surface area (Å²) in [7, 11) is 0. The van der Waals surface area contributed by atoms with E-state index in [1.54, 1.807) is 0 Å². The Balaban J connectivity index is 0.851. The average molecular weight is 951 g/mol. The molecule has 0 fully saturated rings. The van der Waals surface area contributed by atoms with Crippen LogP contribution in [-0.4, -0.2) is 46.5 Å². The van der Waals surface area contributed by atoms with Gasteiger partial charge in [0.1, 0.15) is 0 Å². The van der Waals surface area contributed by atoms with Crippen LogP contribution in [0, 0.1) is 0 Å². The molecule has 0 aliphatic carbocycles. The van der Waals surface area contributed by atoms with Crippen molar-refractivity contribution in [2.45, 2.75) is 245 Å². The molecule has 2 heterocycles. The Morgan fingerprint density at radius 2 is 0.429 bits per heavy atom. The van der Waals surface area contributed by atoms with Crippen molar-refractivity contribution in [3.05, 3.63) is 70.8 Å². The lowest BCUT2D eigenvalue weighted by Gasteiger charge is -2.30. The molecule has 0 bridgehead atoms. The molecule has 0 spiro atoms. The van der Waals surface area contributed by atoms with Crippen molar-refractivity contribution < 1.29 is 19.2 Å². The summed E-state index contributed by atoms with van der Waals surface area (Å²) < 4.78 is 0. The molecule has 6 heteroatoms. The molecule has 4 amide bonds. The number of hydrogen-bond donors (Lipinski definition) is 0. The Labute approximate surface area is 422 Å². The first-order valence-corrected chi connectivity index (χ1v) is 29.4. The van der Waals surface area contributed by atoms with Gasteiger partial charge in [-0.05, 0) is 69.4 Å². The fourth-order valence-electron chi connectivity index (χ4n) is 12.1. The number of benzene rings is 5. The zero-order chi connectivity index (χ0) is 48.9. The topological polar surface area (TPSA) is 74.8 Å². The average Bonchev–Trinajstić information content (AvgIpc) is 3.37. The first-order valence-electron chi connectivity index (χ1n) is 29.4. The van der Waals surface area contributed by atoms with E-state index < -0.39 is 0 Å². The van der Waals surface area contributed by atoms with Crippen LogP contribution in [0.1, 0.15) is 286 Å². The summed E-state index contributed by atoms with van der Waals surface area (Å²) in [5, 5.41) is 7.00. The maximum atomic E-state index is 14.1. The van der Waals surface area contributed by atoms with Gasteiger partial charge < -0.3 is 0 Å². The highest BCUT2D eigenvalue weighted by atomic mass is 16.2. The summed E-state index contributed by atoms with van der Waals surface area (Å²) in [6, 6.07) is 15.6. The smallest absolute Gasteiger partial charge is 0.261 e. The molecule has 0 aromatic heterocycles. The third kappa shape index (κ3) is 13.6. The van der Waals surface area contributed by atoms with Gasteiger partial charge in [0.15, 0.2) is 0 Å². The van der Waals surface area contributed by atoms with Gasteiger partial charge >= 0.3 is 0 Å². The van der Waals surface area contributed by atoms with E-state index in [1.165, 1.54) is 202 Å². The number of unbranched alkanes of at least 4 members (excludes halogenated alkanes) is 34. The van der Waals surface area contributed by atoms with Crippen molar-refractivity contribution in [3.63, 3.8) is 0 Å². The van der Waals surface area contributed by atoms with Gasteiger partial charge in [-0.3, -0.25) is 29.0 Å². The molecule has 2 aliphatic heterocycles. The first-order chi connectivity index (χ1) is 34.5. The number of carbonyl (C=O) groups is 4. The molecule has 0 radical (unpaired) electrons. The van der Waals surface area contributed by atoms with Gasteiger partial charge in [-0.15, -0.1) is 0 Å². The van der Waals surface area contributed by atoms with Gasteiger partial charge in [-0.1, -0.05) is 256 Å². The second kappa shape index (κ2) is 28.7. The molecular formula is C64H90N2O4.